The minimum Gasteiger partial charge on any atom is -0.324 e. The van der Waals surface area contributed by atoms with Gasteiger partial charge >= 0.3 is 0 Å². The first-order chi connectivity index (χ1) is 6.13. The number of aromatic nitrogens is 1. The van der Waals surface area contributed by atoms with Gasteiger partial charge in [-0.15, -0.1) is 0 Å². The summed E-state index contributed by atoms with van der Waals surface area (Å²) >= 11 is 0. The number of nitrogens with zero attached hydrogens (tertiary/aromatic N) is 1. The summed E-state index contributed by atoms with van der Waals surface area (Å²) in [5, 5.41) is 0. The predicted octanol–water partition coefficient (Wildman–Crippen LogP) is 2.50. The van der Waals surface area contributed by atoms with Crippen LogP contribution in [0.3, 0.4) is 0 Å². The first kappa shape index (κ1) is 10.2. The number of hydrogen-bond acceptors (Lipinski definition) is 2. The van der Waals surface area contributed by atoms with E-state index in [0.29, 0.717) is 0 Å². The molecule has 0 spiro atoms. The highest BCUT2D eigenvalue weighted by Crippen LogP contribution is 2.16. The van der Waals surface area contributed by atoms with Crippen LogP contribution in [0.15, 0.2) is 12.1 Å². The van der Waals surface area contributed by atoms with Crippen molar-refractivity contribution in [3.8, 4) is 0 Å². The van der Waals surface area contributed by atoms with Gasteiger partial charge in [-0.1, -0.05) is 13.3 Å². The molecule has 13 heavy (non-hydrogen) atoms. The van der Waals surface area contributed by atoms with Crippen molar-refractivity contribution in [2.24, 2.45) is 5.73 Å². The van der Waals surface area contributed by atoms with Crippen LogP contribution in [-0.2, 0) is 0 Å². The van der Waals surface area contributed by atoms with E-state index in [4.69, 9.17) is 5.73 Å². The molecule has 0 fully saturated rings. The van der Waals surface area contributed by atoms with Gasteiger partial charge in [0.25, 0.3) is 0 Å². The van der Waals surface area contributed by atoms with Crippen molar-refractivity contribution in [1.82, 2.24) is 4.98 Å². The molecular weight excluding hydrogens is 160 g/mol. The molecule has 2 heteroatoms. The zero-order valence-electron chi connectivity index (χ0n) is 8.67. The third kappa shape index (κ3) is 2.81. The van der Waals surface area contributed by atoms with Gasteiger partial charge in [0.1, 0.15) is 0 Å². The highest BCUT2D eigenvalue weighted by atomic mass is 14.7. The lowest BCUT2D eigenvalue weighted by Gasteiger charge is -2.11. The van der Waals surface area contributed by atoms with Crippen LogP contribution in [0.1, 0.15) is 42.8 Å². The number of rotatable bonds is 3. The lowest BCUT2D eigenvalue weighted by atomic mass is 10.0. The van der Waals surface area contributed by atoms with Gasteiger partial charge in [-0.3, -0.25) is 4.98 Å². The minimum absolute atomic E-state index is 0.172. The zero-order valence-corrected chi connectivity index (χ0v) is 8.67. The summed E-state index contributed by atoms with van der Waals surface area (Å²) in [6, 6.07) is 4.33. The second-order valence-corrected chi connectivity index (χ2v) is 3.58. The Labute approximate surface area is 80.2 Å². The molecule has 0 amide bonds. The number of pyridine rings is 1. The van der Waals surface area contributed by atoms with Crippen LogP contribution < -0.4 is 5.73 Å². The fourth-order valence-corrected chi connectivity index (χ4v) is 1.56. The van der Waals surface area contributed by atoms with E-state index >= 15 is 0 Å². The van der Waals surface area contributed by atoms with E-state index in [0.717, 1.165) is 24.2 Å². The average molecular weight is 178 g/mol. The molecule has 1 heterocycles. The van der Waals surface area contributed by atoms with E-state index < -0.39 is 0 Å². The molecule has 1 aromatic heterocycles. The van der Waals surface area contributed by atoms with Gasteiger partial charge in [-0.05, 0) is 38.0 Å². The summed E-state index contributed by atoms with van der Waals surface area (Å²) in [4.78, 5) is 4.32. The lowest BCUT2D eigenvalue weighted by Crippen LogP contribution is -2.10. The average Bonchev–Trinajstić information content (AvgIpc) is 2.03. The van der Waals surface area contributed by atoms with Crippen molar-refractivity contribution in [2.45, 2.75) is 39.7 Å². The Hall–Kier alpha value is -0.890. The molecule has 0 saturated carbocycles. The number of nitrogens with two attached hydrogens (primary N) is 1. The van der Waals surface area contributed by atoms with Crippen LogP contribution in [0.5, 0.6) is 0 Å². The van der Waals surface area contributed by atoms with Crippen LogP contribution in [0, 0.1) is 13.8 Å². The van der Waals surface area contributed by atoms with E-state index in [1.165, 1.54) is 5.56 Å². The summed E-state index contributed by atoms with van der Waals surface area (Å²) in [6.45, 7) is 6.17. The van der Waals surface area contributed by atoms with Crippen molar-refractivity contribution < 1.29 is 0 Å². The third-order valence-electron chi connectivity index (χ3n) is 2.13. The smallest absolute Gasteiger partial charge is 0.0379 e. The van der Waals surface area contributed by atoms with E-state index in [1.807, 2.05) is 13.8 Å². The summed E-state index contributed by atoms with van der Waals surface area (Å²) < 4.78 is 0. The van der Waals surface area contributed by atoms with Gasteiger partial charge < -0.3 is 5.73 Å². The largest absolute Gasteiger partial charge is 0.324 e. The van der Waals surface area contributed by atoms with Gasteiger partial charge in [0, 0.05) is 17.4 Å². The quantitative estimate of drug-likeness (QED) is 0.772. The van der Waals surface area contributed by atoms with E-state index in [1.54, 1.807) is 0 Å². The van der Waals surface area contributed by atoms with Crippen LogP contribution in [0.25, 0.3) is 0 Å². The molecule has 0 unspecified atom stereocenters. The Morgan fingerprint density at radius 3 is 2.31 bits per heavy atom. The third-order valence-corrected chi connectivity index (χ3v) is 2.13. The molecule has 0 aromatic carbocycles. The van der Waals surface area contributed by atoms with Crippen LogP contribution in [0.2, 0.25) is 0 Å². The molecule has 0 aliphatic carbocycles. The Kier molecular flexibility index (Phi) is 3.43. The number of hydrogen-bond donors (Lipinski definition) is 1. The van der Waals surface area contributed by atoms with E-state index in [9.17, 15) is 0 Å². The number of aryl methyl sites for hydroxylation is 2. The standard InChI is InChI=1S/C11H18N2/c1-4-5-11(12)10-6-8(2)13-9(3)7-10/h6-7,11H,4-5,12H2,1-3H3/t11-/m0/s1. The normalized spacial score (nSPS) is 12.9. The fraction of sp³-hybridized carbons (Fsp3) is 0.545. The van der Waals surface area contributed by atoms with Crippen molar-refractivity contribution in [3.05, 3.63) is 29.1 Å². The van der Waals surface area contributed by atoms with Gasteiger partial charge in [-0.25, -0.2) is 0 Å². The highest BCUT2D eigenvalue weighted by molar-refractivity contribution is 5.23. The molecule has 2 N–H and O–H groups in total. The monoisotopic (exact) mass is 178 g/mol. The van der Waals surface area contributed by atoms with Crippen LogP contribution >= 0.6 is 0 Å². The van der Waals surface area contributed by atoms with E-state index in [-0.39, 0.29) is 6.04 Å². The molecule has 1 rings (SSSR count). The first-order valence-corrected chi connectivity index (χ1v) is 4.84. The maximum atomic E-state index is 6.02. The Morgan fingerprint density at radius 2 is 1.85 bits per heavy atom. The first-order valence-electron chi connectivity index (χ1n) is 4.84. The van der Waals surface area contributed by atoms with Crippen LogP contribution in [-0.4, -0.2) is 4.98 Å². The molecule has 0 radical (unpaired) electrons. The van der Waals surface area contributed by atoms with Crippen molar-refractivity contribution >= 4 is 0 Å². The summed E-state index contributed by atoms with van der Waals surface area (Å²) in [5.74, 6) is 0. The highest BCUT2D eigenvalue weighted by Gasteiger charge is 2.05. The predicted molar refractivity (Wildman–Crippen MR) is 55.5 cm³/mol. The minimum atomic E-state index is 0.172. The second-order valence-electron chi connectivity index (χ2n) is 3.58. The molecule has 0 aliphatic heterocycles. The van der Waals surface area contributed by atoms with E-state index in [2.05, 4.69) is 24.0 Å². The summed E-state index contributed by atoms with van der Waals surface area (Å²) in [6.07, 6.45) is 2.17. The maximum absolute atomic E-state index is 6.02. The van der Waals surface area contributed by atoms with Gasteiger partial charge in [-0.2, -0.15) is 0 Å². The Morgan fingerprint density at radius 1 is 1.31 bits per heavy atom. The zero-order chi connectivity index (χ0) is 9.84. The summed E-state index contributed by atoms with van der Waals surface area (Å²) in [5.41, 5.74) is 9.34. The topological polar surface area (TPSA) is 38.9 Å². The Balaban J connectivity index is 2.87. The second kappa shape index (κ2) is 4.38. The van der Waals surface area contributed by atoms with Crippen molar-refractivity contribution in [3.63, 3.8) is 0 Å². The molecule has 2 nitrogen and oxygen atoms in total. The molecule has 0 saturated heterocycles. The van der Waals surface area contributed by atoms with Crippen molar-refractivity contribution in [1.29, 1.82) is 0 Å². The van der Waals surface area contributed by atoms with Gasteiger partial charge in [0.15, 0.2) is 0 Å². The molecule has 0 bridgehead atoms. The lowest BCUT2D eigenvalue weighted by molar-refractivity contribution is 0.636. The molecule has 1 atom stereocenters. The van der Waals surface area contributed by atoms with Gasteiger partial charge in [0.2, 0.25) is 0 Å². The molecule has 1 aromatic rings. The van der Waals surface area contributed by atoms with Crippen LogP contribution in [0.4, 0.5) is 0 Å². The molecule has 72 valence electrons. The maximum Gasteiger partial charge on any atom is 0.0379 e. The Bertz CT molecular complexity index is 261. The SMILES string of the molecule is CCC[C@H](N)c1cc(C)nc(C)c1. The molecular formula is C11H18N2. The van der Waals surface area contributed by atoms with Crippen molar-refractivity contribution in [2.75, 3.05) is 0 Å². The fourth-order valence-electron chi connectivity index (χ4n) is 1.56. The summed E-state index contributed by atoms with van der Waals surface area (Å²) in [7, 11) is 0. The van der Waals surface area contributed by atoms with Gasteiger partial charge in [0.05, 0.1) is 0 Å². The molecule has 0 aliphatic rings.